The summed E-state index contributed by atoms with van der Waals surface area (Å²) < 4.78 is 31.8. The number of ether oxygens (including phenoxy) is 3. The van der Waals surface area contributed by atoms with E-state index in [2.05, 4.69) is 27.5 Å². The van der Waals surface area contributed by atoms with Crippen molar-refractivity contribution in [2.24, 2.45) is 0 Å². The van der Waals surface area contributed by atoms with Gasteiger partial charge in [-0.3, -0.25) is 4.79 Å². The van der Waals surface area contributed by atoms with Crippen LogP contribution in [0.3, 0.4) is 0 Å². The van der Waals surface area contributed by atoms with E-state index in [1.807, 2.05) is 40.6 Å². The van der Waals surface area contributed by atoms with E-state index < -0.39 is 17.5 Å². The summed E-state index contributed by atoms with van der Waals surface area (Å²) in [4.78, 5) is 28.8. The summed E-state index contributed by atoms with van der Waals surface area (Å²) in [6, 6.07) is 13.8. The van der Waals surface area contributed by atoms with Crippen molar-refractivity contribution in [3.05, 3.63) is 65.3 Å². The lowest BCUT2D eigenvalue weighted by Gasteiger charge is -2.32. The molecule has 0 bridgehead atoms. The SMILES string of the molecule is CN1CCN(C(=O)c2ccc(-c3nnc(-c4ccc(F)cc4OCCOCCNC(=O)OC(C)(C)C)c4sccc34)cc2)CC1. The van der Waals surface area contributed by atoms with Crippen molar-refractivity contribution in [1.29, 1.82) is 0 Å². The first kappa shape index (κ1) is 32.3. The first-order valence-electron chi connectivity index (χ1n) is 14.9. The van der Waals surface area contributed by atoms with Gasteiger partial charge in [-0.25, -0.2) is 9.18 Å². The fraction of sp³-hybridized carbons (Fsp3) is 0.394. The third-order valence-corrected chi connectivity index (χ3v) is 8.10. The maximum Gasteiger partial charge on any atom is 0.407 e. The van der Waals surface area contributed by atoms with Crippen LogP contribution in [0.25, 0.3) is 32.6 Å². The average molecular weight is 636 g/mol. The van der Waals surface area contributed by atoms with Gasteiger partial charge in [0.05, 0.1) is 17.9 Å². The molecule has 1 aliphatic heterocycles. The number of amides is 2. The third kappa shape index (κ3) is 8.33. The lowest BCUT2D eigenvalue weighted by Crippen LogP contribution is -2.47. The number of nitrogens with zero attached hydrogens (tertiary/aromatic N) is 4. The molecule has 10 nitrogen and oxygen atoms in total. The molecule has 2 aromatic heterocycles. The third-order valence-electron chi connectivity index (χ3n) is 7.18. The summed E-state index contributed by atoms with van der Waals surface area (Å²) in [5, 5.41) is 14.6. The second kappa shape index (κ2) is 14.3. The van der Waals surface area contributed by atoms with E-state index in [4.69, 9.17) is 14.2 Å². The maximum atomic E-state index is 14.3. The molecule has 0 unspecified atom stereocenters. The molecule has 0 atom stereocenters. The fourth-order valence-corrected chi connectivity index (χ4v) is 5.79. The standard InChI is InChI=1S/C33H38FN5O5S/c1-33(2,3)44-32(41)35-12-17-42-18-19-43-27-21-24(34)9-10-25(27)29-30-26(11-20-45-30)28(36-37-29)22-5-7-23(8-6-22)31(40)39-15-13-38(4)14-16-39/h5-11,20-21H,12-19H2,1-4H3,(H,35,41). The van der Waals surface area contributed by atoms with Gasteiger partial charge in [0.2, 0.25) is 0 Å². The molecule has 45 heavy (non-hydrogen) atoms. The highest BCUT2D eigenvalue weighted by Gasteiger charge is 2.22. The molecule has 4 aromatic rings. The molecule has 1 aliphatic rings. The second-order valence-corrected chi connectivity index (χ2v) is 12.7. The first-order valence-corrected chi connectivity index (χ1v) is 15.8. The highest BCUT2D eigenvalue weighted by Crippen LogP contribution is 2.39. The summed E-state index contributed by atoms with van der Waals surface area (Å²) in [5.41, 5.74) is 2.82. The van der Waals surface area contributed by atoms with Crippen LogP contribution in [0, 0.1) is 5.82 Å². The number of piperazine rings is 1. The molecular weight excluding hydrogens is 597 g/mol. The normalized spacial score (nSPS) is 14.0. The Morgan fingerprint density at radius 3 is 2.42 bits per heavy atom. The zero-order valence-electron chi connectivity index (χ0n) is 26.0. The summed E-state index contributed by atoms with van der Waals surface area (Å²) >= 11 is 1.51. The monoisotopic (exact) mass is 635 g/mol. The van der Waals surface area contributed by atoms with Crippen LogP contribution in [0.5, 0.6) is 5.75 Å². The van der Waals surface area contributed by atoms with Crippen LogP contribution in [0.1, 0.15) is 31.1 Å². The second-order valence-electron chi connectivity index (χ2n) is 11.8. The van der Waals surface area contributed by atoms with Gasteiger partial charge in [0.25, 0.3) is 5.91 Å². The van der Waals surface area contributed by atoms with Crippen LogP contribution in [0.4, 0.5) is 9.18 Å². The minimum atomic E-state index is -0.571. The zero-order valence-corrected chi connectivity index (χ0v) is 26.8. The van der Waals surface area contributed by atoms with Gasteiger partial charge in [-0.1, -0.05) is 12.1 Å². The number of carbonyl (C=O) groups excluding carboxylic acids is 2. The van der Waals surface area contributed by atoms with Gasteiger partial charge < -0.3 is 29.3 Å². The van der Waals surface area contributed by atoms with Crippen molar-refractivity contribution in [3.63, 3.8) is 0 Å². The highest BCUT2D eigenvalue weighted by molar-refractivity contribution is 7.17. The summed E-state index contributed by atoms with van der Waals surface area (Å²) in [7, 11) is 2.06. The molecular formula is C33H38FN5O5S. The number of rotatable bonds is 10. The number of alkyl carbamates (subject to hydrolysis) is 1. The topological polar surface area (TPSA) is 106 Å². The number of hydrogen-bond acceptors (Lipinski definition) is 9. The summed E-state index contributed by atoms with van der Waals surface area (Å²) in [6.45, 7) is 9.51. The lowest BCUT2D eigenvalue weighted by molar-refractivity contribution is 0.0488. The van der Waals surface area contributed by atoms with Crippen LogP contribution in [-0.4, -0.2) is 97.2 Å². The van der Waals surface area contributed by atoms with Gasteiger partial charge in [-0.05, 0) is 63.5 Å². The van der Waals surface area contributed by atoms with Gasteiger partial charge in [0.1, 0.15) is 35.2 Å². The van der Waals surface area contributed by atoms with Crippen molar-refractivity contribution < 1.29 is 28.2 Å². The van der Waals surface area contributed by atoms with Crippen LogP contribution < -0.4 is 10.1 Å². The van der Waals surface area contributed by atoms with Crippen LogP contribution in [0.15, 0.2) is 53.9 Å². The van der Waals surface area contributed by atoms with E-state index in [0.717, 1.165) is 41.8 Å². The van der Waals surface area contributed by atoms with Crippen molar-refractivity contribution in [2.45, 2.75) is 26.4 Å². The maximum absolute atomic E-state index is 14.3. The van der Waals surface area contributed by atoms with E-state index in [-0.39, 0.29) is 32.3 Å². The Labute approximate surface area is 266 Å². The fourth-order valence-electron chi connectivity index (χ4n) is 4.89. The van der Waals surface area contributed by atoms with E-state index in [1.54, 1.807) is 26.8 Å². The number of thiophene rings is 1. The highest BCUT2D eigenvalue weighted by atomic mass is 32.1. The molecule has 0 spiro atoms. The zero-order chi connectivity index (χ0) is 32.0. The van der Waals surface area contributed by atoms with E-state index in [1.165, 1.54) is 23.5 Å². The van der Waals surface area contributed by atoms with Gasteiger partial charge in [0.15, 0.2) is 0 Å². The Bertz CT molecular complexity index is 1630. The van der Waals surface area contributed by atoms with Crippen LogP contribution in [-0.2, 0) is 9.47 Å². The quantitative estimate of drug-likeness (QED) is 0.229. The molecule has 1 fully saturated rings. The predicted molar refractivity (Wildman–Crippen MR) is 172 cm³/mol. The molecule has 2 amide bonds. The Balaban J connectivity index is 1.25. The van der Waals surface area contributed by atoms with E-state index in [0.29, 0.717) is 28.3 Å². The molecule has 238 valence electrons. The van der Waals surface area contributed by atoms with Crippen molar-refractivity contribution in [2.75, 3.05) is 59.6 Å². The number of halogens is 1. The van der Waals surface area contributed by atoms with E-state index >= 15 is 0 Å². The number of benzene rings is 2. The molecule has 1 saturated heterocycles. The molecule has 12 heteroatoms. The first-order chi connectivity index (χ1) is 21.6. The Kier molecular flexibility index (Phi) is 10.3. The predicted octanol–water partition coefficient (Wildman–Crippen LogP) is 5.47. The molecule has 0 saturated carbocycles. The molecule has 0 radical (unpaired) electrons. The van der Waals surface area contributed by atoms with Crippen molar-refractivity contribution in [3.8, 4) is 28.3 Å². The van der Waals surface area contributed by atoms with Gasteiger partial charge >= 0.3 is 6.09 Å². The smallest absolute Gasteiger partial charge is 0.407 e. The largest absolute Gasteiger partial charge is 0.490 e. The van der Waals surface area contributed by atoms with Crippen molar-refractivity contribution >= 4 is 33.4 Å². The number of aromatic nitrogens is 2. The minimum absolute atomic E-state index is 0.0310. The number of carbonyl (C=O) groups is 2. The molecule has 2 aromatic carbocycles. The summed E-state index contributed by atoms with van der Waals surface area (Å²) in [5.74, 6) is -0.0769. The lowest BCUT2D eigenvalue weighted by atomic mass is 10.0. The Morgan fingerprint density at radius 2 is 1.69 bits per heavy atom. The number of likely N-dealkylation sites (N-methyl/N-ethyl adjacent to an activating group) is 1. The number of fused-ring (bicyclic) bond motifs is 1. The van der Waals surface area contributed by atoms with Gasteiger partial charge in [-0.15, -0.1) is 21.5 Å². The molecule has 3 heterocycles. The van der Waals surface area contributed by atoms with Gasteiger partial charge in [-0.2, -0.15) is 0 Å². The Hall–Kier alpha value is -4.13. The molecule has 5 rings (SSSR count). The Morgan fingerprint density at radius 1 is 0.956 bits per heavy atom. The van der Waals surface area contributed by atoms with Crippen LogP contribution >= 0.6 is 11.3 Å². The number of hydrogen-bond donors (Lipinski definition) is 1. The minimum Gasteiger partial charge on any atom is -0.490 e. The summed E-state index contributed by atoms with van der Waals surface area (Å²) in [6.07, 6.45) is -0.507. The van der Waals surface area contributed by atoms with Crippen LogP contribution in [0.2, 0.25) is 0 Å². The van der Waals surface area contributed by atoms with E-state index in [9.17, 15) is 14.0 Å². The van der Waals surface area contributed by atoms with Gasteiger partial charge in [0, 0.05) is 60.9 Å². The average Bonchev–Trinajstić information content (AvgIpc) is 3.50. The molecule has 1 N–H and O–H groups in total. The molecule has 0 aliphatic carbocycles. The van der Waals surface area contributed by atoms with Crippen molar-refractivity contribution in [1.82, 2.24) is 25.3 Å². The number of nitrogens with one attached hydrogen (secondary N) is 1.